The quantitative estimate of drug-likeness (QED) is 0.400. The molecule has 0 bridgehead atoms. The fraction of sp³-hybridized carbons (Fsp3) is 0.417. The minimum absolute atomic E-state index is 0. The molecule has 0 aliphatic carbocycles. The summed E-state index contributed by atoms with van der Waals surface area (Å²) in [5.41, 5.74) is 2.43. The number of benzene rings is 2. The molecule has 186 valence electrons. The summed E-state index contributed by atoms with van der Waals surface area (Å²) >= 11 is 1.49. The summed E-state index contributed by atoms with van der Waals surface area (Å²) in [5.74, 6) is -0.198. The molecule has 10 heteroatoms. The second kappa shape index (κ2) is 12.1. The molecule has 0 unspecified atom stereocenters. The lowest BCUT2D eigenvalue weighted by Gasteiger charge is -2.22. The Morgan fingerprint density at radius 3 is 2.29 bits per heavy atom. The van der Waals surface area contributed by atoms with E-state index in [0.29, 0.717) is 30.3 Å². The second-order valence-electron chi connectivity index (χ2n) is 8.43. The smallest absolute Gasteiger partial charge is 0.260 e. The lowest BCUT2D eigenvalue weighted by molar-refractivity contribution is -0.0000171. The van der Waals surface area contributed by atoms with Gasteiger partial charge in [-0.05, 0) is 69.4 Å². The first-order valence-electron chi connectivity index (χ1n) is 11.0. The van der Waals surface area contributed by atoms with Gasteiger partial charge < -0.3 is 17.3 Å². The number of amides is 1. The van der Waals surface area contributed by atoms with Crippen molar-refractivity contribution < 1.29 is 25.6 Å². The van der Waals surface area contributed by atoms with Crippen LogP contribution in [0.25, 0.3) is 10.2 Å². The number of carbonyl (C=O) groups is 1. The number of unbranched alkanes of at least 4 members (excludes halogenated alkanes) is 1. The summed E-state index contributed by atoms with van der Waals surface area (Å²) in [4.78, 5) is 22.0. The molecule has 1 heterocycles. The number of likely N-dealkylation sites (N-methyl/N-ethyl adjacent to an activating group) is 1. The molecule has 1 aromatic heterocycles. The van der Waals surface area contributed by atoms with E-state index in [0.717, 1.165) is 28.6 Å². The zero-order chi connectivity index (χ0) is 24.2. The zero-order valence-electron chi connectivity index (χ0n) is 20.3. The molecule has 0 aliphatic heterocycles. The van der Waals surface area contributed by atoms with Crippen LogP contribution in [0.3, 0.4) is 0 Å². The van der Waals surface area contributed by atoms with E-state index in [1.165, 1.54) is 27.8 Å². The van der Waals surface area contributed by atoms with Crippen molar-refractivity contribution in [2.24, 2.45) is 0 Å². The van der Waals surface area contributed by atoms with Crippen LogP contribution in [0.5, 0.6) is 0 Å². The summed E-state index contributed by atoms with van der Waals surface area (Å²) in [6.07, 6.45) is 1.72. The summed E-state index contributed by atoms with van der Waals surface area (Å²) in [5, 5.41) is 0.637. The number of anilines is 1. The Hall–Kier alpha value is -2.04. The standard InChI is InChI=1S/C24H32N4O3S2.ClH/c1-6-7-14-27(5)33(30,31)20-11-9-19(10-12-20)23(29)28(16-15-26(3)4)24-25-21-13-8-18(2)17-22(21)32-24;/h8-13,17H,6-7,14-16H2,1-5H3;1H/p-1. The molecule has 0 N–H and O–H groups in total. The fourth-order valence-electron chi connectivity index (χ4n) is 3.33. The third kappa shape index (κ3) is 6.55. The second-order valence-corrected chi connectivity index (χ2v) is 11.5. The maximum Gasteiger partial charge on any atom is 0.260 e. The minimum atomic E-state index is -3.58. The molecular weight excluding hydrogens is 492 g/mol. The number of sulfonamides is 1. The van der Waals surface area contributed by atoms with Crippen LogP contribution in [0.1, 0.15) is 35.7 Å². The Morgan fingerprint density at radius 1 is 1.00 bits per heavy atom. The van der Waals surface area contributed by atoms with Crippen molar-refractivity contribution in [3.8, 4) is 0 Å². The largest absolute Gasteiger partial charge is 1.00 e. The number of rotatable bonds is 10. The predicted molar refractivity (Wildman–Crippen MR) is 136 cm³/mol. The van der Waals surface area contributed by atoms with Crippen molar-refractivity contribution in [2.45, 2.75) is 31.6 Å². The van der Waals surface area contributed by atoms with Crippen molar-refractivity contribution in [1.29, 1.82) is 0 Å². The third-order valence-corrected chi connectivity index (χ3v) is 8.33. The highest BCUT2D eigenvalue weighted by Crippen LogP contribution is 2.30. The molecule has 0 saturated carbocycles. The Kier molecular flexibility index (Phi) is 10.0. The van der Waals surface area contributed by atoms with Crippen LogP contribution in [0.2, 0.25) is 0 Å². The molecule has 0 spiro atoms. The van der Waals surface area contributed by atoms with Crippen LogP contribution < -0.4 is 17.3 Å². The van der Waals surface area contributed by atoms with Crippen LogP contribution in [0.15, 0.2) is 47.4 Å². The van der Waals surface area contributed by atoms with Crippen LogP contribution in [0.4, 0.5) is 5.13 Å². The number of carbonyl (C=O) groups excluding carboxylic acids is 1. The van der Waals surface area contributed by atoms with E-state index in [4.69, 9.17) is 0 Å². The summed E-state index contributed by atoms with van der Waals surface area (Å²) in [6.45, 7) is 5.67. The topological polar surface area (TPSA) is 73.8 Å². The number of nitrogens with zero attached hydrogens (tertiary/aromatic N) is 4. The molecule has 34 heavy (non-hydrogen) atoms. The van der Waals surface area contributed by atoms with E-state index in [9.17, 15) is 13.2 Å². The summed E-state index contributed by atoms with van der Waals surface area (Å²) in [6, 6.07) is 12.2. The first kappa shape index (κ1) is 28.2. The number of hydrogen-bond acceptors (Lipinski definition) is 6. The van der Waals surface area contributed by atoms with Crippen LogP contribution in [-0.2, 0) is 10.0 Å². The van der Waals surface area contributed by atoms with Gasteiger partial charge in [0.05, 0.1) is 15.1 Å². The molecule has 1 amide bonds. The lowest BCUT2D eigenvalue weighted by Crippen LogP contribution is -3.00. The van der Waals surface area contributed by atoms with Gasteiger partial charge >= 0.3 is 0 Å². The molecule has 0 atom stereocenters. The lowest BCUT2D eigenvalue weighted by atomic mass is 10.2. The summed E-state index contributed by atoms with van der Waals surface area (Å²) < 4.78 is 28.0. The predicted octanol–water partition coefficient (Wildman–Crippen LogP) is 1.24. The average molecular weight is 524 g/mol. The van der Waals surface area contributed by atoms with E-state index in [2.05, 4.69) is 11.1 Å². The maximum absolute atomic E-state index is 13.5. The van der Waals surface area contributed by atoms with Gasteiger partial charge in [-0.3, -0.25) is 9.69 Å². The zero-order valence-corrected chi connectivity index (χ0v) is 22.7. The van der Waals surface area contributed by atoms with Crippen LogP contribution in [0, 0.1) is 6.92 Å². The third-order valence-electron chi connectivity index (χ3n) is 5.42. The Labute approximate surface area is 212 Å². The van der Waals surface area contributed by atoms with Gasteiger partial charge in [0.2, 0.25) is 10.0 Å². The van der Waals surface area contributed by atoms with Crippen molar-refractivity contribution in [2.75, 3.05) is 45.7 Å². The molecular formula is C24H32ClN4O3S2-. The van der Waals surface area contributed by atoms with Crippen LogP contribution in [-0.4, -0.2) is 69.3 Å². The van der Waals surface area contributed by atoms with Gasteiger partial charge in [-0.2, -0.15) is 0 Å². The number of fused-ring (bicyclic) bond motifs is 1. The molecule has 3 aromatic rings. The van der Waals surface area contributed by atoms with Gasteiger partial charge in [0.1, 0.15) is 0 Å². The van der Waals surface area contributed by atoms with Crippen molar-refractivity contribution >= 4 is 42.6 Å². The average Bonchev–Trinajstić information content (AvgIpc) is 3.19. The first-order valence-corrected chi connectivity index (χ1v) is 13.3. The molecule has 7 nitrogen and oxygen atoms in total. The van der Waals surface area contributed by atoms with Crippen LogP contribution >= 0.6 is 11.3 Å². The minimum Gasteiger partial charge on any atom is -1.00 e. The SMILES string of the molecule is CCCCN(C)S(=O)(=O)c1ccc(C(=O)N(CCN(C)C)c2nc3ccc(C)cc3s2)cc1.[Cl-]. The highest BCUT2D eigenvalue weighted by atomic mass is 35.5. The van der Waals surface area contributed by atoms with Gasteiger partial charge in [0.15, 0.2) is 5.13 Å². The fourth-order valence-corrected chi connectivity index (χ4v) is 5.62. The number of aryl methyl sites for hydroxylation is 1. The van der Waals surface area contributed by atoms with Gasteiger partial charge in [-0.15, -0.1) is 0 Å². The van der Waals surface area contributed by atoms with E-state index >= 15 is 0 Å². The molecule has 0 fully saturated rings. The number of hydrogen-bond donors (Lipinski definition) is 0. The number of halogens is 1. The number of aromatic nitrogens is 1. The molecule has 0 aliphatic rings. The molecule has 2 aromatic carbocycles. The maximum atomic E-state index is 13.5. The Morgan fingerprint density at radius 2 is 1.68 bits per heavy atom. The first-order chi connectivity index (χ1) is 15.6. The van der Waals surface area contributed by atoms with E-state index in [1.807, 2.05) is 45.0 Å². The Bertz CT molecular complexity index is 1210. The summed E-state index contributed by atoms with van der Waals surface area (Å²) in [7, 11) is 1.92. The van der Waals surface area contributed by atoms with Crippen molar-refractivity contribution in [1.82, 2.24) is 14.2 Å². The monoisotopic (exact) mass is 523 g/mol. The normalized spacial score (nSPS) is 11.7. The highest BCUT2D eigenvalue weighted by Gasteiger charge is 2.24. The van der Waals surface area contributed by atoms with Gasteiger partial charge in [0, 0.05) is 32.2 Å². The van der Waals surface area contributed by atoms with Gasteiger partial charge in [-0.25, -0.2) is 17.7 Å². The molecule has 3 rings (SSSR count). The molecule has 0 radical (unpaired) electrons. The van der Waals surface area contributed by atoms with E-state index in [-0.39, 0.29) is 23.2 Å². The van der Waals surface area contributed by atoms with E-state index in [1.54, 1.807) is 24.1 Å². The molecule has 0 saturated heterocycles. The van der Waals surface area contributed by atoms with Crippen molar-refractivity contribution in [3.05, 3.63) is 53.6 Å². The number of thiazole rings is 1. The van der Waals surface area contributed by atoms with E-state index < -0.39 is 10.0 Å². The Balaban J connectivity index is 0.00000408. The van der Waals surface area contributed by atoms with Crippen molar-refractivity contribution in [3.63, 3.8) is 0 Å². The highest BCUT2D eigenvalue weighted by molar-refractivity contribution is 7.89. The van der Waals surface area contributed by atoms with Gasteiger partial charge in [-0.1, -0.05) is 30.7 Å². The van der Waals surface area contributed by atoms with Gasteiger partial charge in [0.25, 0.3) is 5.91 Å².